The fraction of sp³-hybridized carbons (Fsp3) is 0.111. The van der Waals surface area contributed by atoms with Crippen molar-refractivity contribution in [3.05, 3.63) is 78.4 Å². The van der Waals surface area contributed by atoms with Gasteiger partial charge in [-0.25, -0.2) is 16.8 Å². The second-order valence-corrected chi connectivity index (χ2v) is 12.6. The molecule has 0 spiro atoms. The highest BCUT2D eigenvalue weighted by Gasteiger charge is 2.33. The molecule has 2 amide bonds. The van der Waals surface area contributed by atoms with E-state index in [9.17, 15) is 31.5 Å². The van der Waals surface area contributed by atoms with Gasteiger partial charge in [-0.05, 0) is 54.6 Å². The lowest BCUT2D eigenvalue weighted by Crippen LogP contribution is -2.18. The molecule has 6 N–H and O–H groups in total. The van der Waals surface area contributed by atoms with Gasteiger partial charge < -0.3 is 21.1 Å². The van der Waals surface area contributed by atoms with E-state index in [1.807, 2.05) is 0 Å². The summed E-state index contributed by atoms with van der Waals surface area (Å²) in [5, 5.41) is 19.0. The Labute approximate surface area is 235 Å². The molecule has 0 fully saturated rings. The van der Waals surface area contributed by atoms with Crippen LogP contribution in [-0.2, 0) is 29.6 Å². The molecule has 0 aliphatic carbocycles. The van der Waals surface area contributed by atoms with Crippen molar-refractivity contribution >= 4 is 71.1 Å². The Kier molecular flexibility index (Phi) is 7.07. The molecule has 212 valence electrons. The molecule has 12 nitrogen and oxygen atoms in total. The number of benzene rings is 4. The predicted octanol–water partition coefficient (Wildman–Crippen LogP) is 3.77. The molecule has 0 saturated carbocycles. The molecule has 1 heterocycles. The van der Waals surface area contributed by atoms with Crippen LogP contribution in [-0.4, -0.2) is 33.8 Å². The number of amides is 2. The Morgan fingerprint density at radius 3 is 1.66 bits per heavy atom. The molecule has 5 rings (SSSR count). The maximum absolute atomic E-state index is 13.7. The number of anilines is 5. The highest BCUT2D eigenvalue weighted by atomic mass is 32.2. The van der Waals surface area contributed by atoms with E-state index in [-0.39, 0.29) is 49.4 Å². The van der Waals surface area contributed by atoms with Crippen LogP contribution in [0.15, 0.2) is 82.6 Å². The van der Waals surface area contributed by atoms with Crippen LogP contribution in [0.2, 0.25) is 0 Å². The third-order valence-electron chi connectivity index (χ3n) is 6.19. The molecule has 4 aromatic carbocycles. The van der Waals surface area contributed by atoms with Gasteiger partial charge in [-0.15, -0.1) is 0 Å². The van der Waals surface area contributed by atoms with E-state index in [4.69, 9.17) is 0 Å². The van der Waals surface area contributed by atoms with Gasteiger partial charge in [0.05, 0.1) is 10.6 Å². The van der Waals surface area contributed by atoms with Gasteiger partial charge in [0.1, 0.15) is 4.90 Å². The van der Waals surface area contributed by atoms with Gasteiger partial charge >= 0.3 is 0 Å². The average molecular weight is 596 g/mol. The highest BCUT2D eigenvalue weighted by Crippen LogP contribution is 2.45. The third kappa shape index (κ3) is 5.66. The highest BCUT2D eigenvalue weighted by molar-refractivity contribution is 7.93. The van der Waals surface area contributed by atoms with E-state index in [2.05, 4.69) is 25.4 Å². The van der Waals surface area contributed by atoms with E-state index in [0.717, 1.165) is 6.07 Å². The summed E-state index contributed by atoms with van der Waals surface area (Å²) in [7, 11) is -8.74. The summed E-state index contributed by atoms with van der Waals surface area (Å²) in [6.07, 6.45) is -1.26. The van der Waals surface area contributed by atoms with Crippen molar-refractivity contribution in [2.75, 3.05) is 25.4 Å². The standard InChI is InChI=1S/C27H25N5O7S2/c1-15(33)28-17-6-10-19(11-7-17)31-40(36,37)23-14-24(26-25-21(23)4-3-5-22(25)27(35)30-26)41(38,39)32-20-12-8-18(9-13-20)29-16(2)34/h3-14,27,30-32,35H,1-2H3,(H,28,33)(H,29,34). The van der Waals surface area contributed by atoms with Gasteiger partial charge in [-0.3, -0.25) is 19.0 Å². The summed E-state index contributed by atoms with van der Waals surface area (Å²) >= 11 is 0. The van der Waals surface area contributed by atoms with Crippen molar-refractivity contribution in [2.45, 2.75) is 29.9 Å². The van der Waals surface area contributed by atoms with Gasteiger partial charge in [0.15, 0.2) is 6.23 Å². The number of carbonyl (C=O) groups excluding carboxylic acids is 2. The quantitative estimate of drug-likeness (QED) is 0.178. The largest absolute Gasteiger partial charge is 0.369 e. The van der Waals surface area contributed by atoms with E-state index in [1.165, 1.54) is 68.4 Å². The molecule has 0 saturated heterocycles. The number of nitrogens with one attached hydrogen (secondary N) is 5. The molecule has 0 bridgehead atoms. The van der Waals surface area contributed by atoms with Crippen LogP contribution in [0.4, 0.5) is 28.4 Å². The number of aliphatic hydroxyl groups is 1. The predicted molar refractivity (Wildman–Crippen MR) is 156 cm³/mol. The van der Waals surface area contributed by atoms with Gasteiger partial charge in [0, 0.05) is 52.9 Å². The minimum absolute atomic E-state index is 0.0593. The lowest BCUT2D eigenvalue weighted by molar-refractivity contribution is -0.115. The molecule has 1 atom stereocenters. The third-order valence-corrected chi connectivity index (χ3v) is 9.02. The molecule has 1 aliphatic rings. The smallest absolute Gasteiger partial charge is 0.264 e. The van der Waals surface area contributed by atoms with Crippen LogP contribution < -0.4 is 25.4 Å². The van der Waals surface area contributed by atoms with Crippen LogP contribution >= 0.6 is 0 Å². The molecule has 0 aromatic heterocycles. The number of sulfonamides is 2. The van der Waals surface area contributed by atoms with Crippen molar-refractivity contribution < 1.29 is 31.5 Å². The summed E-state index contributed by atoms with van der Waals surface area (Å²) in [4.78, 5) is 21.9. The van der Waals surface area contributed by atoms with E-state index >= 15 is 0 Å². The summed E-state index contributed by atoms with van der Waals surface area (Å²) < 4.78 is 59.4. The van der Waals surface area contributed by atoms with Crippen molar-refractivity contribution in [3.63, 3.8) is 0 Å². The first-order chi connectivity index (χ1) is 19.3. The Morgan fingerprint density at radius 1 is 0.707 bits per heavy atom. The number of carbonyl (C=O) groups is 2. The Hall–Kier alpha value is -4.66. The lowest BCUT2D eigenvalue weighted by Gasteiger charge is -2.16. The van der Waals surface area contributed by atoms with E-state index < -0.39 is 26.3 Å². The summed E-state index contributed by atoms with van der Waals surface area (Å²) in [5.74, 6) is -0.572. The SMILES string of the molecule is CC(=O)Nc1ccc(NS(=O)(=O)c2cc(S(=O)(=O)Nc3ccc(NC(C)=O)cc3)c3cccc4c3c2NC4O)cc1. The fourth-order valence-corrected chi connectivity index (χ4v) is 7.16. The number of rotatable bonds is 8. The van der Waals surface area contributed by atoms with Crippen molar-refractivity contribution in [3.8, 4) is 0 Å². The van der Waals surface area contributed by atoms with Crippen LogP contribution in [0, 0.1) is 0 Å². The molecular formula is C27H25N5O7S2. The summed E-state index contributed by atoms with van der Waals surface area (Å²) in [5.41, 5.74) is 1.66. The first-order valence-corrected chi connectivity index (χ1v) is 15.2. The molecule has 1 aliphatic heterocycles. The summed E-state index contributed by atoms with van der Waals surface area (Å²) in [6.45, 7) is 2.69. The lowest BCUT2D eigenvalue weighted by atomic mass is 10.1. The second-order valence-electron chi connectivity index (χ2n) is 9.29. The number of aliphatic hydroxyl groups excluding tert-OH is 1. The zero-order valence-electron chi connectivity index (χ0n) is 21.7. The topological polar surface area (TPSA) is 183 Å². The van der Waals surface area contributed by atoms with Crippen LogP contribution in [0.25, 0.3) is 10.8 Å². The monoisotopic (exact) mass is 595 g/mol. The minimum atomic E-state index is -4.39. The van der Waals surface area contributed by atoms with Crippen LogP contribution in [0.5, 0.6) is 0 Å². The molecular weight excluding hydrogens is 570 g/mol. The van der Waals surface area contributed by atoms with Crippen LogP contribution in [0.1, 0.15) is 25.6 Å². The number of hydrogen-bond donors (Lipinski definition) is 6. The Bertz CT molecular complexity index is 1910. The maximum atomic E-state index is 13.7. The zero-order chi connectivity index (χ0) is 29.5. The normalized spacial score (nSPS) is 14.3. The first kappa shape index (κ1) is 27.9. The Balaban J connectivity index is 1.58. The van der Waals surface area contributed by atoms with E-state index in [0.29, 0.717) is 16.9 Å². The van der Waals surface area contributed by atoms with E-state index in [1.54, 1.807) is 12.1 Å². The molecule has 41 heavy (non-hydrogen) atoms. The minimum Gasteiger partial charge on any atom is -0.369 e. The van der Waals surface area contributed by atoms with Gasteiger partial charge in [0.25, 0.3) is 20.0 Å². The average Bonchev–Trinajstić information content (AvgIpc) is 3.22. The maximum Gasteiger partial charge on any atom is 0.264 e. The molecule has 1 unspecified atom stereocenters. The van der Waals surface area contributed by atoms with Crippen molar-refractivity contribution in [2.24, 2.45) is 0 Å². The fourth-order valence-electron chi connectivity index (χ4n) is 4.54. The summed E-state index contributed by atoms with van der Waals surface area (Å²) in [6, 6.07) is 17.6. The Morgan fingerprint density at radius 2 is 1.17 bits per heavy atom. The van der Waals surface area contributed by atoms with Gasteiger partial charge in [-0.1, -0.05) is 18.2 Å². The number of hydrogen-bond acceptors (Lipinski definition) is 8. The van der Waals surface area contributed by atoms with Gasteiger partial charge in [0.2, 0.25) is 11.8 Å². The van der Waals surface area contributed by atoms with Crippen molar-refractivity contribution in [1.29, 1.82) is 0 Å². The molecule has 0 radical (unpaired) electrons. The molecule has 4 aromatic rings. The van der Waals surface area contributed by atoms with Gasteiger partial charge in [-0.2, -0.15) is 0 Å². The van der Waals surface area contributed by atoms with Crippen LogP contribution in [0.3, 0.4) is 0 Å². The van der Waals surface area contributed by atoms with Crippen molar-refractivity contribution in [1.82, 2.24) is 0 Å². The molecule has 14 heteroatoms. The second kappa shape index (κ2) is 10.4. The zero-order valence-corrected chi connectivity index (χ0v) is 23.4. The first-order valence-electron chi connectivity index (χ1n) is 12.2.